The lowest BCUT2D eigenvalue weighted by atomic mass is 10.0. The Morgan fingerprint density at radius 3 is 2.40 bits per heavy atom. The van der Waals surface area contributed by atoms with Crippen LogP contribution in [0.4, 0.5) is 0 Å². The van der Waals surface area contributed by atoms with Crippen LogP contribution in [0.1, 0.15) is 18.1 Å². The summed E-state index contributed by atoms with van der Waals surface area (Å²) in [5.41, 5.74) is 2.68. The number of rotatable bonds is 6. The molecule has 1 aliphatic rings. The molecule has 1 heterocycles. The van der Waals surface area contributed by atoms with Gasteiger partial charge in [-0.1, -0.05) is 41.4 Å². The van der Waals surface area contributed by atoms with Gasteiger partial charge in [-0.2, -0.15) is 0 Å². The van der Waals surface area contributed by atoms with E-state index in [9.17, 15) is 9.59 Å². The van der Waals surface area contributed by atoms with E-state index in [4.69, 9.17) is 32.7 Å². The fraction of sp³-hybridized carbons (Fsp3) is 0.217. The zero-order valence-electron chi connectivity index (χ0n) is 16.9. The Kier molecular flexibility index (Phi) is 6.85. The van der Waals surface area contributed by atoms with Crippen molar-refractivity contribution in [3.05, 3.63) is 80.5 Å². The zero-order valence-corrected chi connectivity index (χ0v) is 18.4. The molecule has 0 fully saturated rings. The van der Waals surface area contributed by atoms with Gasteiger partial charge >= 0.3 is 5.97 Å². The summed E-state index contributed by atoms with van der Waals surface area (Å²) in [5, 5.41) is 0.877. The first-order chi connectivity index (χ1) is 14.3. The van der Waals surface area contributed by atoms with Crippen LogP contribution in [0, 0.1) is 0 Å². The summed E-state index contributed by atoms with van der Waals surface area (Å²) >= 11 is 12.2. The van der Waals surface area contributed by atoms with Crippen LogP contribution in [0.5, 0.6) is 5.75 Å². The van der Waals surface area contributed by atoms with Gasteiger partial charge in [0.15, 0.2) is 0 Å². The minimum Gasteiger partial charge on any atom is -0.497 e. The van der Waals surface area contributed by atoms with Crippen LogP contribution < -0.4 is 4.74 Å². The van der Waals surface area contributed by atoms with Gasteiger partial charge in [0.25, 0.3) is 5.91 Å². The molecule has 0 saturated carbocycles. The van der Waals surface area contributed by atoms with E-state index in [1.54, 1.807) is 43.2 Å². The predicted molar refractivity (Wildman–Crippen MR) is 118 cm³/mol. The van der Waals surface area contributed by atoms with E-state index in [-0.39, 0.29) is 17.1 Å². The molecule has 2 aromatic carbocycles. The van der Waals surface area contributed by atoms with E-state index in [0.29, 0.717) is 34.3 Å². The monoisotopic (exact) mass is 445 g/mol. The van der Waals surface area contributed by atoms with Crippen molar-refractivity contribution in [1.82, 2.24) is 4.90 Å². The summed E-state index contributed by atoms with van der Waals surface area (Å²) < 4.78 is 10.1. The zero-order chi connectivity index (χ0) is 21.8. The highest BCUT2D eigenvalue weighted by atomic mass is 35.5. The molecule has 3 rings (SSSR count). The summed E-state index contributed by atoms with van der Waals surface area (Å²) in [6, 6.07) is 12.6. The van der Waals surface area contributed by atoms with Gasteiger partial charge in [0.2, 0.25) is 0 Å². The Morgan fingerprint density at radius 1 is 1.10 bits per heavy atom. The second-order valence-electron chi connectivity index (χ2n) is 6.73. The number of methoxy groups -OCH3 is 2. The number of amides is 1. The number of allylic oxidation sites excluding steroid dienone is 1. The van der Waals surface area contributed by atoms with Crippen molar-refractivity contribution in [2.24, 2.45) is 0 Å². The molecule has 5 nitrogen and oxygen atoms in total. The predicted octanol–water partition coefficient (Wildman–Crippen LogP) is 4.92. The molecule has 2 aromatic rings. The Labute approximate surface area is 185 Å². The van der Waals surface area contributed by atoms with Crippen molar-refractivity contribution in [2.45, 2.75) is 13.3 Å². The number of halogens is 2. The average Bonchev–Trinajstić information content (AvgIpc) is 2.97. The van der Waals surface area contributed by atoms with Gasteiger partial charge < -0.3 is 14.4 Å². The van der Waals surface area contributed by atoms with Gasteiger partial charge in [-0.3, -0.25) is 4.79 Å². The second kappa shape index (κ2) is 9.37. The van der Waals surface area contributed by atoms with E-state index in [1.165, 1.54) is 7.11 Å². The van der Waals surface area contributed by atoms with Crippen LogP contribution in [0.25, 0.3) is 6.08 Å². The minimum absolute atomic E-state index is 0.239. The molecule has 1 aliphatic heterocycles. The Balaban J connectivity index is 1.91. The molecule has 30 heavy (non-hydrogen) atoms. The Morgan fingerprint density at radius 2 is 1.80 bits per heavy atom. The van der Waals surface area contributed by atoms with E-state index in [0.717, 1.165) is 11.3 Å². The number of benzene rings is 2. The molecule has 156 valence electrons. The third-order valence-electron chi connectivity index (χ3n) is 4.95. The van der Waals surface area contributed by atoms with Gasteiger partial charge in [0.05, 0.1) is 25.4 Å². The summed E-state index contributed by atoms with van der Waals surface area (Å²) in [7, 11) is 2.90. The lowest BCUT2D eigenvalue weighted by Crippen LogP contribution is -2.27. The van der Waals surface area contributed by atoms with Crippen LogP contribution in [0.15, 0.2) is 59.3 Å². The highest BCUT2D eigenvalue weighted by Crippen LogP contribution is 2.33. The van der Waals surface area contributed by atoms with Gasteiger partial charge in [-0.15, -0.1) is 0 Å². The lowest BCUT2D eigenvalue weighted by molar-refractivity contribution is -0.136. The maximum atomic E-state index is 13.2. The summed E-state index contributed by atoms with van der Waals surface area (Å²) in [4.78, 5) is 27.2. The number of esters is 1. The fourth-order valence-corrected chi connectivity index (χ4v) is 3.77. The topological polar surface area (TPSA) is 55.8 Å². The minimum atomic E-state index is -0.566. The van der Waals surface area contributed by atoms with Gasteiger partial charge in [0, 0.05) is 22.3 Å². The molecule has 1 amide bonds. The first-order valence-electron chi connectivity index (χ1n) is 9.26. The van der Waals surface area contributed by atoms with Crippen LogP contribution in [0.3, 0.4) is 0 Å². The quantitative estimate of drug-likeness (QED) is 0.467. The largest absolute Gasteiger partial charge is 0.497 e. The Bertz CT molecular complexity index is 1040. The first-order valence-corrected chi connectivity index (χ1v) is 10.0. The number of hydrogen-bond donors (Lipinski definition) is 0. The van der Waals surface area contributed by atoms with Crippen molar-refractivity contribution in [3.63, 3.8) is 0 Å². The summed E-state index contributed by atoms with van der Waals surface area (Å²) in [6.45, 7) is 2.16. The number of nitrogens with zero attached hydrogens (tertiary/aromatic N) is 1. The van der Waals surface area contributed by atoms with Crippen molar-refractivity contribution >= 4 is 41.2 Å². The van der Waals surface area contributed by atoms with Crippen LogP contribution in [0.2, 0.25) is 10.0 Å². The SMILES string of the molecule is COC(=O)C1=C(C)N(CCc2ccc(OC)cc2)C(=O)/C1=C\c1ccc(Cl)cc1Cl. The molecule has 0 aliphatic carbocycles. The molecule has 0 radical (unpaired) electrons. The van der Waals surface area contributed by atoms with E-state index in [2.05, 4.69) is 0 Å². The molecule has 0 atom stereocenters. The van der Waals surface area contributed by atoms with Crippen LogP contribution in [-0.2, 0) is 20.7 Å². The number of carbonyl (C=O) groups excluding carboxylic acids is 2. The maximum absolute atomic E-state index is 13.2. The molecule has 0 bridgehead atoms. The van der Waals surface area contributed by atoms with E-state index in [1.807, 2.05) is 24.3 Å². The van der Waals surface area contributed by atoms with Crippen molar-refractivity contribution in [2.75, 3.05) is 20.8 Å². The molecular formula is C23H21Cl2NO4. The molecule has 0 saturated heterocycles. The second-order valence-corrected chi connectivity index (χ2v) is 7.57. The molecule has 0 N–H and O–H groups in total. The molecular weight excluding hydrogens is 425 g/mol. The lowest BCUT2D eigenvalue weighted by Gasteiger charge is -2.18. The van der Waals surface area contributed by atoms with E-state index >= 15 is 0 Å². The first kappa shape index (κ1) is 21.9. The van der Waals surface area contributed by atoms with Gasteiger partial charge in [-0.25, -0.2) is 4.79 Å². The standard InChI is InChI=1S/C23H21Cl2NO4/c1-14-21(23(28)30-3)19(12-16-6-7-17(24)13-20(16)25)22(27)26(14)11-10-15-4-8-18(29-2)9-5-15/h4-9,12-13H,10-11H2,1-3H3/b19-12-. The van der Waals surface area contributed by atoms with Crippen molar-refractivity contribution < 1.29 is 19.1 Å². The average molecular weight is 446 g/mol. The third kappa shape index (κ3) is 4.53. The maximum Gasteiger partial charge on any atom is 0.340 e. The van der Waals surface area contributed by atoms with Gasteiger partial charge in [-0.05, 0) is 54.8 Å². The number of hydrogen-bond acceptors (Lipinski definition) is 4. The normalized spacial score (nSPS) is 15.2. The molecule has 0 spiro atoms. The third-order valence-corrected chi connectivity index (χ3v) is 5.51. The van der Waals surface area contributed by atoms with E-state index < -0.39 is 5.97 Å². The summed E-state index contributed by atoms with van der Waals surface area (Å²) in [5.74, 6) is -0.0679. The fourth-order valence-electron chi connectivity index (χ4n) is 3.30. The van der Waals surface area contributed by atoms with Crippen molar-refractivity contribution in [3.8, 4) is 5.75 Å². The smallest absolute Gasteiger partial charge is 0.340 e. The van der Waals surface area contributed by atoms with Crippen LogP contribution >= 0.6 is 23.2 Å². The van der Waals surface area contributed by atoms with Gasteiger partial charge in [0.1, 0.15) is 5.75 Å². The number of ether oxygens (including phenoxy) is 2. The highest BCUT2D eigenvalue weighted by Gasteiger charge is 2.36. The van der Waals surface area contributed by atoms with Crippen molar-refractivity contribution in [1.29, 1.82) is 0 Å². The summed E-state index contributed by atoms with van der Waals surface area (Å²) in [6.07, 6.45) is 2.22. The molecule has 0 aromatic heterocycles. The molecule has 7 heteroatoms. The number of carbonyl (C=O) groups is 2. The Hall–Kier alpha value is -2.76. The highest BCUT2D eigenvalue weighted by molar-refractivity contribution is 6.35. The van der Waals surface area contributed by atoms with Crippen LogP contribution in [-0.4, -0.2) is 37.5 Å². The molecule has 0 unspecified atom stereocenters.